The zero-order valence-electron chi connectivity index (χ0n) is 8.12. The minimum atomic E-state index is 0.644. The fourth-order valence-electron chi connectivity index (χ4n) is 1.81. The third-order valence-electron chi connectivity index (χ3n) is 2.41. The SMILES string of the molecule is CCCC(C)(CCC)CCI. The summed E-state index contributed by atoms with van der Waals surface area (Å²) in [6.45, 7) is 7.03. The van der Waals surface area contributed by atoms with E-state index in [-0.39, 0.29) is 0 Å². The van der Waals surface area contributed by atoms with E-state index in [1.54, 1.807) is 0 Å². The molecule has 0 bridgehead atoms. The maximum Gasteiger partial charge on any atom is 0.0000454 e. The average Bonchev–Trinajstić information content (AvgIpc) is 1.88. The molecule has 0 aliphatic carbocycles. The van der Waals surface area contributed by atoms with E-state index in [9.17, 15) is 0 Å². The van der Waals surface area contributed by atoms with Gasteiger partial charge in [0.05, 0.1) is 0 Å². The summed E-state index contributed by atoms with van der Waals surface area (Å²) in [7, 11) is 0. The summed E-state index contributed by atoms with van der Waals surface area (Å²) in [5.74, 6) is 0. The van der Waals surface area contributed by atoms with Gasteiger partial charge in [0.1, 0.15) is 0 Å². The molecule has 0 aromatic carbocycles. The number of alkyl halides is 1. The highest BCUT2D eigenvalue weighted by molar-refractivity contribution is 14.1. The van der Waals surface area contributed by atoms with Crippen molar-refractivity contribution in [3.63, 3.8) is 0 Å². The van der Waals surface area contributed by atoms with Crippen molar-refractivity contribution in [1.29, 1.82) is 0 Å². The summed E-state index contributed by atoms with van der Waals surface area (Å²) in [4.78, 5) is 0. The fourth-order valence-corrected chi connectivity index (χ4v) is 3.11. The lowest BCUT2D eigenvalue weighted by Crippen LogP contribution is -2.16. The van der Waals surface area contributed by atoms with Gasteiger partial charge in [-0.15, -0.1) is 0 Å². The van der Waals surface area contributed by atoms with Gasteiger partial charge in [-0.2, -0.15) is 0 Å². The van der Waals surface area contributed by atoms with Crippen molar-refractivity contribution in [3.05, 3.63) is 0 Å². The highest BCUT2D eigenvalue weighted by Crippen LogP contribution is 2.33. The van der Waals surface area contributed by atoms with Crippen molar-refractivity contribution in [2.45, 2.75) is 52.9 Å². The lowest BCUT2D eigenvalue weighted by Gasteiger charge is -2.28. The van der Waals surface area contributed by atoms with Crippen LogP contribution in [0.5, 0.6) is 0 Å². The second-order valence-electron chi connectivity index (χ2n) is 3.75. The highest BCUT2D eigenvalue weighted by atomic mass is 127. The lowest BCUT2D eigenvalue weighted by molar-refractivity contribution is 0.259. The van der Waals surface area contributed by atoms with Gasteiger partial charge in [-0.3, -0.25) is 0 Å². The van der Waals surface area contributed by atoms with Gasteiger partial charge >= 0.3 is 0 Å². The molecule has 0 fully saturated rings. The summed E-state index contributed by atoms with van der Waals surface area (Å²) >= 11 is 2.49. The van der Waals surface area contributed by atoms with E-state index in [0.29, 0.717) is 5.41 Å². The van der Waals surface area contributed by atoms with Crippen molar-refractivity contribution in [1.82, 2.24) is 0 Å². The van der Waals surface area contributed by atoms with E-state index in [0.717, 1.165) is 0 Å². The molecule has 0 saturated heterocycles. The molecule has 0 aromatic rings. The molecule has 0 radical (unpaired) electrons. The largest absolute Gasteiger partial charge is 0.0864 e. The predicted molar refractivity (Wildman–Crippen MR) is 61.4 cm³/mol. The van der Waals surface area contributed by atoms with Crippen molar-refractivity contribution in [2.24, 2.45) is 5.41 Å². The molecule has 0 rings (SSSR count). The number of rotatable bonds is 6. The Morgan fingerprint density at radius 2 is 1.45 bits per heavy atom. The van der Waals surface area contributed by atoms with Crippen molar-refractivity contribution in [2.75, 3.05) is 4.43 Å². The van der Waals surface area contributed by atoms with Crippen LogP contribution in [0.4, 0.5) is 0 Å². The number of halogens is 1. The predicted octanol–water partition coefficient (Wildman–Crippen LogP) is 4.42. The van der Waals surface area contributed by atoms with Crippen LogP contribution in [0.25, 0.3) is 0 Å². The van der Waals surface area contributed by atoms with Crippen LogP contribution in [0.3, 0.4) is 0 Å². The number of hydrogen-bond donors (Lipinski definition) is 0. The van der Waals surface area contributed by atoms with Gasteiger partial charge in [0.2, 0.25) is 0 Å². The molecule has 0 saturated carbocycles. The first-order chi connectivity index (χ1) is 5.18. The van der Waals surface area contributed by atoms with Gasteiger partial charge < -0.3 is 0 Å². The maximum atomic E-state index is 2.49. The smallest absolute Gasteiger partial charge is 0.0000454 e. The topological polar surface area (TPSA) is 0 Å². The third-order valence-corrected chi connectivity index (χ3v) is 2.94. The molecule has 0 nitrogen and oxygen atoms in total. The van der Waals surface area contributed by atoms with Crippen LogP contribution in [-0.2, 0) is 0 Å². The van der Waals surface area contributed by atoms with E-state index in [4.69, 9.17) is 0 Å². The van der Waals surface area contributed by atoms with Crippen LogP contribution in [0, 0.1) is 5.41 Å². The average molecular weight is 268 g/mol. The number of hydrogen-bond acceptors (Lipinski definition) is 0. The van der Waals surface area contributed by atoms with Crippen LogP contribution < -0.4 is 0 Å². The van der Waals surface area contributed by atoms with Crippen LogP contribution in [0.2, 0.25) is 0 Å². The Balaban J connectivity index is 3.79. The summed E-state index contributed by atoms with van der Waals surface area (Å²) in [5, 5.41) is 0. The van der Waals surface area contributed by atoms with Crippen molar-refractivity contribution < 1.29 is 0 Å². The Morgan fingerprint density at radius 1 is 1.00 bits per heavy atom. The van der Waals surface area contributed by atoms with Gasteiger partial charge in [-0.1, -0.05) is 56.2 Å². The van der Waals surface area contributed by atoms with Gasteiger partial charge in [-0.05, 0) is 24.7 Å². The monoisotopic (exact) mass is 268 g/mol. The van der Waals surface area contributed by atoms with Crippen LogP contribution in [-0.4, -0.2) is 4.43 Å². The molecular formula is C10H21I. The molecule has 0 atom stereocenters. The third kappa shape index (κ3) is 5.05. The van der Waals surface area contributed by atoms with Gasteiger partial charge in [0.25, 0.3) is 0 Å². The zero-order valence-corrected chi connectivity index (χ0v) is 10.3. The molecule has 68 valence electrons. The lowest BCUT2D eigenvalue weighted by atomic mass is 9.79. The molecule has 1 heteroatoms. The molecule has 0 unspecified atom stereocenters. The Morgan fingerprint density at radius 3 is 1.73 bits per heavy atom. The Hall–Kier alpha value is 0.730. The molecule has 11 heavy (non-hydrogen) atoms. The maximum absolute atomic E-state index is 2.49. The molecule has 0 aliphatic rings. The van der Waals surface area contributed by atoms with Crippen molar-refractivity contribution >= 4 is 22.6 Å². The highest BCUT2D eigenvalue weighted by Gasteiger charge is 2.20. The molecule has 0 aromatic heterocycles. The van der Waals surface area contributed by atoms with Gasteiger partial charge in [0.15, 0.2) is 0 Å². The van der Waals surface area contributed by atoms with Crippen molar-refractivity contribution in [3.8, 4) is 0 Å². The van der Waals surface area contributed by atoms with E-state index in [1.807, 2.05) is 0 Å². The molecule has 0 spiro atoms. The van der Waals surface area contributed by atoms with Crippen LogP contribution >= 0.6 is 22.6 Å². The minimum Gasteiger partial charge on any atom is -0.0864 e. The van der Waals surface area contributed by atoms with Gasteiger partial charge in [-0.25, -0.2) is 0 Å². The van der Waals surface area contributed by atoms with E-state index < -0.39 is 0 Å². The Bertz CT molecular complexity index is 71.9. The van der Waals surface area contributed by atoms with Crippen LogP contribution in [0.15, 0.2) is 0 Å². The summed E-state index contributed by atoms with van der Waals surface area (Å²) in [5.41, 5.74) is 0.644. The molecule has 0 amide bonds. The molecular weight excluding hydrogens is 247 g/mol. The quantitative estimate of drug-likeness (QED) is 0.494. The summed E-state index contributed by atoms with van der Waals surface area (Å²) in [6, 6.07) is 0. The van der Waals surface area contributed by atoms with Crippen LogP contribution in [0.1, 0.15) is 52.9 Å². The van der Waals surface area contributed by atoms with E-state index in [1.165, 1.54) is 36.5 Å². The first-order valence-electron chi connectivity index (χ1n) is 4.74. The zero-order chi connectivity index (χ0) is 8.74. The minimum absolute atomic E-state index is 0.644. The molecule has 0 heterocycles. The Kier molecular flexibility index (Phi) is 6.68. The first-order valence-corrected chi connectivity index (χ1v) is 6.27. The molecule has 0 aliphatic heterocycles. The fraction of sp³-hybridized carbons (Fsp3) is 1.00. The normalized spacial score (nSPS) is 12.0. The van der Waals surface area contributed by atoms with E-state index >= 15 is 0 Å². The molecule has 0 N–H and O–H groups in total. The second kappa shape index (κ2) is 6.27. The summed E-state index contributed by atoms with van der Waals surface area (Å²) in [6.07, 6.45) is 6.89. The van der Waals surface area contributed by atoms with Gasteiger partial charge in [0, 0.05) is 4.43 Å². The Labute approximate surface area is 85.3 Å². The summed E-state index contributed by atoms with van der Waals surface area (Å²) < 4.78 is 1.31. The van der Waals surface area contributed by atoms with E-state index in [2.05, 4.69) is 43.4 Å². The standard InChI is InChI=1S/C10H21I/c1-4-6-10(3,7-5-2)8-9-11/h4-9H2,1-3H3. The second-order valence-corrected chi connectivity index (χ2v) is 4.83. The first kappa shape index (κ1) is 11.7.